The Morgan fingerprint density at radius 3 is 2.33 bits per heavy atom. The third-order valence-electron chi connectivity index (χ3n) is 1.60. The Hall–Kier alpha value is -0.340. The van der Waals surface area contributed by atoms with E-state index in [1.807, 2.05) is 6.08 Å². The van der Waals surface area contributed by atoms with E-state index in [0.29, 0.717) is 6.04 Å². The maximum Gasteiger partial charge on any atom is 0.0219 e. The molecule has 2 heteroatoms. The van der Waals surface area contributed by atoms with Gasteiger partial charge in [0.2, 0.25) is 0 Å². The third-order valence-corrected chi connectivity index (χ3v) is 1.60. The summed E-state index contributed by atoms with van der Waals surface area (Å²) < 4.78 is 0. The fourth-order valence-corrected chi connectivity index (χ4v) is 0.821. The molecule has 0 aliphatic carbocycles. The standard InChI is InChI=1S/C10H22N2/c1-6-9(2)11-7-8-12-10(3,4)5/h6,9,11-12H,1,7-8H2,2-5H3. The van der Waals surface area contributed by atoms with Crippen LogP contribution in [0.4, 0.5) is 0 Å². The van der Waals surface area contributed by atoms with Gasteiger partial charge in [0.25, 0.3) is 0 Å². The fraction of sp³-hybridized carbons (Fsp3) is 0.800. The van der Waals surface area contributed by atoms with E-state index in [2.05, 4.69) is 44.9 Å². The summed E-state index contributed by atoms with van der Waals surface area (Å²) in [5.74, 6) is 0. The lowest BCUT2D eigenvalue weighted by atomic mass is 10.1. The molecule has 0 saturated carbocycles. The topological polar surface area (TPSA) is 24.1 Å². The van der Waals surface area contributed by atoms with Crippen LogP contribution in [0.1, 0.15) is 27.7 Å². The van der Waals surface area contributed by atoms with Gasteiger partial charge in [-0.2, -0.15) is 0 Å². The molecule has 72 valence electrons. The molecule has 0 rings (SSSR count). The first kappa shape index (κ1) is 11.7. The van der Waals surface area contributed by atoms with Crippen LogP contribution in [0, 0.1) is 0 Å². The lowest BCUT2D eigenvalue weighted by molar-refractivity contribution is 0.418. The van der Waals surface area contributed by atoms with Crippen molar-refractivity contribution in [2.24, 2.45) is 0 Å². The highest BCUT2D eigenvalue weighted by molar-refractivity contribution is 4.81. The van der Waals surface area contributed by atoms with Gasteiger partial charge in [-0.1, -0.05) is 6.08 Å². The lowest BCUT2D eigenvalue weighted by Gasteiger charge is -2.21. The molecule has 0 aliphatic heterocycles. The van der Waals surface area contributed by atoms with Crippen molar-refractivity contribution in [3.63, 3.8) is 0 Å². The number of hydrogen-bond acceptors (Lipinski definition) is 2. The molecule has 0 aromatic heterocycles. The predicted octanol–water partition coefficient (Wildman–Crippen LogP) is 1.54. The zero-order valence-electron chi connectivity index (χ0n) is 8.78. The second-order valence-corrected chi connectivity index (χ2v) is 4.16. The molecular formula is C10H22N2. The molecule has 0 bridgehead atoms. The summed E-state index contributed by atoms with van der Waals surface area (Å²) in [6.07, 6.45) is 1.91. The van der Waals surface area contributed by atoms with Crippen molar-refractivity contribution < 1.29 is 0 Å². The monoisotopic (exact) mass is 170 g/mol. The molecule has 0 amide bonds. The van der Waals surface area contributed by atoms with E-state index < -0.39 is 0 Å². The van der Waals surface area contributed by atoms with E-state index in [4.69, 9.17) is 0 Å². The average molecular weight is 170 g/mol. The maximum atomic E-state index is 3.71. The molecule has 0 fully saturated rings. The van der Waals surface area contributed by atoms with E-state index in [9.17, 15) is 0 Å². The SMILES string of the molecule is C=CC(C)NCCNC(C)(C)C. The van der Waals surface area contributed by atoms with Gasteiger partial charge >= 0.3 is 0 Å². The number of hydrogen-bond donors (Lipinski definition) is 2. The first-order valence-electron chi connectivity index (χ1n) is 4.56. The van der Waals surface area contributed by atoms with Gasteiger partial charge in [-0.3, -0.25) is 0 Å². The van der Waals surface area contributed by atoms with Gasteiger partial charge in [0.05, 0.1) is 0 Å². The van der Waals surface area contributed by atoms with Crippen LogP contribution < -0.4 is 10.6 Å². The van der Waals surface area contributed by atoms with Crippen molar-refractivity contribution in [3.8, 4) is 0 Å². The molecule has 1 unspecified atom stereocenters. The molecule has 0 heterocycles. The molecule has 0 spiro atoms. The van der Waals surface area contributed by atoms with Crippen molar-refractivity contribution in [1.29, 1.82) is 0 Å². The molecule has 0 saturated heterocycles. The van der Waals surface area contributed by atoms with E-state index >= 15 is 0 Å². The van der Waals surface area contributed by atoms with Gasteiger partial charge in [0.1, 0.15) is 0 Å². The van der Waals surface area contributed by atoms with Gasteiger partial charge < -0.3 is 10.6 Å². The largest absolute Gasteiger partial charge is 0.311 e. The number of rotatable bonds is 5. The fourth-order valence-electron chi connectivity index (χ4n) is 0.821. The highest BCUT2D eigenvalue weighted by atomic mass is 15.0. The van der Waals surface area contributed by atoms with Crippen molar-refractivity contribution in [3.05, 3.63) is 12.7 Å². The molecule has 2 N–H and O–H groups in total. The molecule has 0 aliphatic rings. The Balaban J connectivity index is 3.27. The van der Waals surface area contributed by atoms with Crippen LogP contribution in [0.25, 0.3) is 0 Å². The Labute approximate surface area is 76.4 Å². The van der Waals surface area contributed by atoms with Crippen molar-refractivity contribution in [2.75, 3.05) is 13.1 Å². The Kier molecular flexibility index (Phi) is 5.18. The lowest BCUT2D eigenvalue weighted by Crippen LogP contribution is -2.41. The molecule has 0 aromatic carbocycles. The van der Waals surface area contributed by atoms with E-state index in [1.54, 1.807) is 0 Å². The Bertz CT molecular complexity index is 124. The van der Waals surface area contributed by atoms with E-state index in [0.717, 1.165) is 13.1 Å². The third kappa shape index (κ3) is 7.76. The van der Waals surface area contributed by atoms with Gasteiger partial charge in [0, 0.05) is 24.7 Å². The van der Waals surface area contributed by atoms with Gasteiger partial charge in [0.15, 0.2) is 0 Å². The van der Waals surface area contributed by atoms with Crippen LogP contribution >= 0.6 is 0 Å². The second-order valence-electron chi connectivity index (χ2n) is 4.16. The summed E-state index contributed by atoms with van der Waals surface area (Å²) in [6.45, 7) is 14.3. The van der Waals surface area contributed by atoms with Crippen molar-refractivity contribution in [1.82, 2.24) is 10.6 Å². The molecule has 0 radical (unpaired) electrons. The summed E-state index contributed by atoms with van der Waals surface area (Å²) >= 11 is 0. The predicted molar refractivity (Wildman–Crippen MR) is 55.4 cm³/mol. The van der Waals surface area contributed by atoms with Gasteiger partial charge in [-0.15, -0.1) is 6.58 Å². The Morgan fingerprint density at radius 1 is 1.33 bits per heavy atom. The van der Waals surface area contributed by atoms with Crippen LogP contribution in [0.15, 0.2) is 12.7 Å². The molecule has 12 heavy (non-hydrogen) atoms. The second kappa shape index (κ2) is 5.33. The average Bonchev–Trinajstić information content (AvgIpc) is 1.96. The highest BCUT2D eigenvalue weighted by Gasteiger charge is 2.06. The van der Waals surface area contributed by atoms with Crippen LogP contribution in [0.2, 0.25) is 0 Å². The zero-order chi connectivity index (χ0) is 9.61. The molecule has 1 atom stereocenters. The summed E-state index contributed by atoms with van der Waals surface area (Å²) in [4.78, 5) is 0. The summed E-state index contributed by atoms with van der Waals surface area (Å²) in [7, 11) is 0. The summed E-state index contributed by atoms with van der Waals surface area (Å²) in [6, 6.07) is 0.409. The Morgan fingerprint density at radius 2 is 1.92 bits per heavy atom. The molecule has 2 nitrogen and oxygen atoms in total. The van der Waals surface area contributed by atoms with E-state index in [1.165, 1.54) is 0 Å². The minimum absolute atomic E-state index is 0.221. The number of nitrogens with one attached hydrogen (secondary N) is 2. The first-order chi connectivity index (χ1) is 5.45. The van der Waals surface area contributed by atoms with Crippen LogP contribution in [-0.4, -0.2) is 24.7 Å². The normalized spacial score (nSPS) is 14.3. The van der Waals surface area contributed by atoms with Crippen molar-refractivity contribution >= 4 is 0 Å². The minimum Gasteiger partial charge on any atom is -0.311 e. The van der Waals surface area contributed by atoms with Crippen LogP contribution in [0.5, 0.6) is 0 Å². The van der Waals surface area contributed by atoms with Gasteiger partial charge in [-0.05, 0) is 27.7 Å². The summed E-state index contributed by atoms with van der Waals surface area (Å²) in [5, 5.41) is 6.73. The quantitative estimate of drug-likeness (QED) is 0.483. The highest BCUT2D eigenvalue weighted by Crippen LogP contribution is 1.96. The minimum atomic E-state index is 0.221. The van der Waals surface area contributed by atoms with E-state index in [-0.39, 0.29) is 5.54 Å². The first-order valence-corrected chi connectivity index (χ1v) is 4.56. The zero-order valence-corrected chi connectivity index (χ0v) is 8.78. The summed E-state index contributed by atoms with van der Waals surface area (Å²) in [5.41, 5.74) is 0.221. The molecular weight excluding hydrogens is 148 g/mol. The maximum absolute atomic E-state index is 3.71. The van der Waals surface area contributed by atoms with Crippen LogP contribution in [0.3, 0.4) is 0 Å². The van der Waals surface area contributed by atoms with Gasteiger partial charge in [-0.25, -0.2) is 0 Å². The molecule has 0 aromatic rings. The smallest absolute Gasteiger partial charge is 0.0219 e. The van der Waals surface area contributed by atoms with Crippen molar-refractivity contribution in [2.45, 2.75) is 39.3 Å². The van der Waals surface area contributed by atoms with Crippen LogP contribution in [-0.2, 0) is 0 Å².